The van der Waals surface area contributed by atoms with E-state index in [1.165, 1.54) is 0 Å². The zero-order chi connectivity index (χ0) is 10.3. The third kappa shape index (κ3) is 3.77. The minimum absolute atomic E-state index is 0.199. The summed E-state index contributed by atoms with van der Waals surface area (Å²) in [7, 11) is 0. The molecular formula is C10H21NO2. The van der Waals surface area contributed by atoms with Crippen molar-refractivity contribution in [1.29, 1.82) is 0 Å². The fraction of sp³-hybridized carbons (Fsp3) is 0.900. The average Bonchev–Trinajstić information content (AvgIpc) is 2.57. The van der Waals surface area contributed by atoms with Crippen LogP contribution in [0.2, 0.25) is 0 Å². The molecule has 0 amide bonds. The van der Waals surface area contributed by atoms with Crippen LogP contribution in [-0.2, 0) is 4.79 Å². The molecule has 1 rings (SSSR count). The van der Waals surface area contributed by atoms with Gasteiger partial charge in [-0.1, -0.05) is 20.8 Å². The van der Waals surface area contributed by atoms with Crippen molar-refractivity contribution >= 4 is 5.97 Å². The monoisotopic (exact) mass is 187 g/mol. The van der Waals surface area contributed by atoms with E-state index in [2.05, 4.69) is 11.8 Å². The Bertz CT molecular complexity index is 148. The first-order valence-corrected chi connectivity index (χ1v) is 5.22. The molecular weight excluding hydrogens is 166 g/mol. The standard InChI is InChI=1S/C8H15NO2.C2H6/c1-2-5-9-6-3-4-7(9)8(10)11;1-2/h7H,2-6H2,1H3,(H,10,11);1-2H3. The number of hydrogen-bond donors (Lipinski definition) is 1. The highest BCUT2D eigenvalue weighted by Crippen LogP contribution is 2.16. The number of carboxylic acid groups (broad SMARTS) is 1. The van der Waals surface area contributed by atoms with Gasteiger partial charge in [0.15, 0.2) is 0 Å². The van der Waals surface area contributed by atoms with Crippen LogP contribution in [0, 0.1) is 0 Å². The van der Waals surface area contributed by atoms with Gasteiger partial charge in [-0.15, -0.1) is 0 Å². The number of hydrogen-bond acceptors (Lipinski definition) is 2. The summed E-state index contributed by atoms with van der Waals surface area (Å²) >= 11 is 0. The lowest BCUT2D eigenvalue weighted by molar-refractivity contribution is -0.142. The lowest BCUT2D eigenvalue weighted by Crippen LogP contribution is -2.36. The molecule has 0 spiro atoms. The van der Waals surface area contributed by atoms with Crippen molar-refractivity contribution in [2.75, 3.05) is 13.1 Å². The Morgan fingerprint density at radius 3 is 2.62 bits per heavy atom. The molecule has 1 saturated heterocycles. The number of rotatable bonds is 3. The highest BCUT2D eigenvalue weighted by atomic mass is 16.4. The molecule has 13 heavy (non-hydrogen) atoms. The molecule has 0 aromatic heterocycles. The third-order valence-corrected chi connectivity index (χ3v) is 2.16. The zero-order valence-corrected chi connectivity index (χ0v) is 8.92. The summed E-state index contributed by atoms with van der Waals surface area (Å²) in [5.41, 5.74) is 0. The normalized spacial score (nSPS) is 22.2. The molecule has 0 aliphatic carbocycles. The van der Waals surface area contributed by atoms with Gasteiger partial charge in [0.05, 0.1) is 0 Å². The minimum Gasteiger partial charge on any atom is -0.480 e. The summed E-state index contributed by atoms with van der Waals surface area (Å²) in [6, 6.07) is -0.199. The van der Waals surface area contributed by atoms with Gasteiger partial charge in [-0.2, -0.15) is 0 Å². The van der Waals surface area contributed by atoms with Crippen molar-refractivity contribution in [1.82, 2.24) is 4.90 Å². The Hall–Kier alpha value is -0.570. The molecule has 0 aromatic carbocycles. The smallest absolute Gasteiger partial charge is 0.320 e. The van der Waals surface area contributed by atoms with Crippen LogP contribution in [0.25, 0.3) is 0 Å². The van der Waals surface area contributed by atoms with Gasteiger partial charge in [0.25, 0.3) is 0 Å². The van der Waals surface area contributed by atoms with E-state index in [9.17, 15) is 4.79 Å². The first kappa shape index (κ1) is 12.4. The Balaban J connectivity index is 0.000000671. The summed E-state index contributed by atoms with van der Waals surface area (Å²) < 4.78 is 0. The molecule has 1 heterocycles. The summed E-state index contributed by atoms with van der Waals surface area (Å²) in [6.07, 6.45) is 2.91. The van der Waals surface area contributed by atoms with Gasteiger partial charge in [0.1, 0.15) is 6.04 Å². The van der Waals surface area contributed by atoms with Gasteiger partial charge >= 0.3 is 5.97 Å². The predicted octanol–water partition coefficient (Wildman–Crippen LogP) is 1.97. The molecule has 0 saturated carbocycles. The Morgan fingerprint density at radius 2 is 2.15 bits per heavy atom. The van der Waals surface area contributed by atoms with Crippen molar-refractivity contribution in [3.63, 3.8) is 0 Å². The molecule has 0 aromatic rings. The van der Waals surface area contributed by atoms with Crippen molar-refractivity contribution in [3.8, 4) is 0 Å². The lowest BCUT2D eigenvalue weighted by Gasteiger charge is -2.19. The molecule has 3 nitrogen and oxygen atoms in total. The van der Waals surface area contributed by atoms with E-state index in [4.69, 9.17) is 5.11 Å². The summed E-state index contributed by atoms with van der Waals surface area (Å²) in [5.74, 6) is -0.657. The quantitative estimate of drug-likeness (QED) is 0.734. The van der Waals surface area contributed by atoms with Crippen LogP contribution >= 0.6 is 0 Å². The molecule has 1 aliphatic heterocycles. The number of aliphatic carboxylic acids is 1. The molecule has 1 unspecified atom stereocenters. The summed E-state index contributed by atoms with van der Waals surface area (Å²) in [4.78, 5) is 12.7. The van der Waals surface area contributed by atoms with Crippen molar-refractivity contribution in [2.45, 2.75) is 46.1 Å². The van der Waals surface area contributed by atoms with Crippen molar-refractivity contribution in [3.05, 3.63) is 0 Å². The fourth-order valence-electron chi connectivity index (χ4n) is 1.66. The fourth-order valence-corrected chi connectivity index (χ4v) is 1.66. The van der Waals surface area contributed by atoms with Gasteiger partial charge in [0.2, 0.25) is 0 Å². The largest absolute Gasteiger partial charge is 0.480 e. The minimum atomic E-state index is -0.657. The van der Waals surface area contributed by atoms with Crippen molar-refractivity contribution < 1.29 is 9.90 Å². The van der Waals surface area contributed by atoms with E-state index in [0.717, 1.165) is 32.4 Å². The van der Waals surface area contributed by atoms with Gasteiger partial charge < -0.3 is 5.11 Å². The molecule has 1 aliphatic rings. The maximum absolute atomic E-state index is 10.6. The van der Waals surface area contributed by atoms with Crippen LogP contribution in [0.3, 0.4) is 0 Å². The van der Waals surface area contributed by atoms with Gasteiger partial charge in [-0.3, -0.25) is 9.69 Å². The highest BCUT2D eigenvalue weighted by molar-refractivity contribution is 5.73. The molecule has 1 fully saturated rings. The molecule has 3 heteroatoms. The van der Waals surface area contributed by atoms with Crippen LogP contribution in [0.15, 0.2) is 0 Å². The van der Waals surface area contributed by atoms with Gasteiger partial charge in [-0.25, -0.2) is 0 Å². The number of carbonyl (C=O) groups is 1. The van der Waals surface area contributed by atoms with Crippen LogP contribution in [0.4, 0.5) is 0 Å². The summed E-state index contributed by atoms with van der Waals surface area (Å²) in [6.45, 7) is 7.97. The second kappa shape index (κ2) is 6.89. The van der Waals surface area contributed by atoms with Crippen molar-refractivity contribution in [2.24, 2.45) is 0 Å². The summed E-state index contributed by atoms with van der Waals surface area (Å²) in [5, 5.41) is 8.77. The van der Waals surface area contributed by atoms with Crippen LogP contribution in [0.5, 0.6) is 0 Å². The zero-order valence-electron chi connectivity index (χ0n) is 8.92. The SMILES string of the molecule is CC.CCCN1CCCC1C(=O)O. The second-order valence-corrected chi connectivity index (χ2v) is 3.03. The van der Waals surface area contributed by atoms with E-state index in [1.807, 2.05) is 13.8 Å². The molecule has 0 bridgehead atoms. The first-order valence-electron chi connectivity index (χ1n) is 5.22. The molecule has 1 N–H and O–H groups in total. The van der Waals surface area contributed by atoms with E-state index in [0.29, 0.717) is 0 Å². The van der Waals surface area contributed by atoms with Crippen LogP contribution in [0.1, 0.15) is 40.0 Å². The third-order valence-electron chi connectivity index (χ3n) is 2.16. The number of nitrogens with zero attached hydrogens (tertiary/aromatic N) is 1. The Kier molecular flexibility index (Phi) is 6.59. The van der Waals surface area contributed by atoms with Gasteiger partial charge in [0, 0.05) is 0 Å². The second-order valence-electron chi connectivity index (χ2n) is 3.03. The van der Waals surface area contributed by atoms with E-state index in [1.54, 1.807) is 0 Å². The number of carboxylic acids is 1. The topological polar surface area (TPSA) is 40.5 Å². The van der Waals surface area contributed by atoms with Gasteiger partial charge in [-0.05, 0) is 32.4 Å². The highest BCUT2D eigenvalue weighted by Gasteiger charge is 2.29. The Labute approximate surface area is 80.7 Å². The lowest BCUT2D eigenvalue weighted by atomic mass is 10.2. The molecule has 1 atom stereocenters. The Morgan fingerprint density at radius 1 is 1.54 bits per heavy atom. The van der Waals surface area contributed by atoms with E-state index < -0.39 is 5.97 Å². The van der Waals surface area contributed by atoms with E-state index >= 15 is 0 Å². The predicted molar refractivity (Wildman–Crippen MR) is 53.9 cm³/mol. The van der Waals surface area contributed by atoms with Crippen LogP contribution < -0.4 is 0 Å². The molecule has 0 radical (unpaired) electrons. The number of likely N-dealkylation sites (tertiary alicyclic amines) is 1. The maximum atomic E-state index is 10.6. The van der Waals surface area contributed by atoms with E-state index in [-0.39, 0.29) is 6.04 Å². The van der Waals surface area contributed by atoms with Crippen LogP contribution in [-0.4, -0.2) is 35.1 Å². The molecule has 78 valence electrons. The average molecular weight is 187 g/mol. The maximum Gasteiger partial charge on any atom is 0.320 e. The first-order chi connectivity index (χ1) is 6.25.